The summed E-state index contributed by atoms with van der Waals surface area (Å²) >= 11 is 4.52. The Balaban J connectivity index is 0.00000242. The fraction of sp³-hybridized carbons (Fsp3) is 0.286. The van der Waals surface area contributed by atoms with Gasteiger partial charge in [0.1, 0.15) is 4.21 Å². The summed E-state index contributed by atoms with van der Waals surface area (Å²) < 4.78 is 28.0. The number of benzene rings is 1. The van der Waals surface area contributed by atoms with Gasteiger partial charge in [-0.15, -0.1) is 23.7 Å². The molecule has 0 aliphatic heterocycles. The Hall–Kier alpha value is -0.440. The van der Waals surface area contributed by atoms with Crippen LogP contribution in [-0.2, 0) is 16.6 Å². The van der Waals surface area contributed by atoms with Crippen LogP contribution in [-0.4, -0.2) is 25.8 Å². The monoisotopic (exact) mass is 424 g/mol. The van der Waals surface area contributed by atoms with E-state index in [1.165, 1.54) is 15.6 Å². The van der Waals surface area contributed by atoms with Crippen LogP contribution < -0.4 is 5.73 Å². The van der Waals surface area contributed by atoms with Gasteiger partial charge in [0.05, 0.1) is 0 Å². The molecule has 2 rings (SSSR count). The number of nitrogens with two attached hydrogens (primary N) is 1. The predicted octanol–water partition coefficient (Wildman–Crippen LogP) is 3.47. The van der Waals surface area contributed by atoms with Crippen molar-refractivity contribution in [2.75, 3.05) is 13.1 Å². The van der Waals surface area contributed by atoms with Crippen molar-refractivity contribution in [2.24, 2.45) is 5.73 Å². The second-order valence-electron chi connectivity index (χ2n) is 4.52. The third kappa shape index (κ3) is 4.78. The van der Waals surface area contributed by atoms with Crippen molar-refractivity contribution in [3.05, 3.63) is 51.8 Å². The summed E-state index contributed by atoms with van der Waals surface area (Å²) in [5, 5.41) is 1.76. The molecule has 8 heteroatoms. The standard InChI is InChI=1S/C14H17BrN2O2S2.ClH/c15-13-7-10-20-14(13)21(18,19)17(9-4-8-16)11-12-5-2-1-3-6-12;/h1-3,5-7,10H,4,8-9,11,16H2;1H. The van der Waals surface area contributed by atoms with E-state index in [2.05, 4.69) is 15.9 Å². The van der Waals surface area contributed by atoms with Crippen LogP contribution in [0.25, 0.3) is 0 Å². The van der Waals surface area contributed by atoms with Crippen LogP contribution in [0.15, 0.2) is 50.5 Å². The molecule has 0 unspecified atom stereocenters. The number of sulfonamides is 1. The van der Waals surface area contributed by atoms with Gasteiger partial charge in [0.2, 0.25) is 0 Å². The summed E-state index contributed by atoms with van der Waals surface area (Å²) in [6, 6.07) is 11.3. The molecule has 0 fully saturated rings. The summed E-state index contributed by atoms with van der Waals surface area (Å²) in [7, 11) is -3.51. The van der Waals surface area contributed by atoms with Crippen molar-refractivity contribution in [2.45, 2.75) is 17.2 Å². The summed E-state index contributed by atoms with van der Waals surface area (Å²) in [4.78, 5) is 0. The highest BCUT2D eigenvalue weighted by Gasteiger charge is 2.27. The summed E-state index contributed by atoms with van der Waals surface area (Å²) in [5.41, 5.74) is 6.50. The molecule has 0 atom stereocenters. The molecule has 1 aromatic carbocycles. The van der Waals surface area contributed by atoms with Crippen LogP contribution >= 0.6 is 39.7 Å². The van der Waals surface area contributed by atoms with Gasteiger partial charge in [-0.3, -0.25) is 0 Å². The normalized spacial score (nSPS) is 11.4. The number of hydrogen-bond donors (Lipinski definition) is 1. The van der Waals surface area contributed by atoms with Gasteiger partial charge in [-0.2, -0.15) is 4.31 Å². The number of nitrogens with zero attached hydrogens (tertiary/aromatic N) is 1. The molecule has 0 saturated heterocycles. The summed E-state index contributed by atoms with van der Waals surface area (Å²) in [5.74, 6) is 0. The van der Waals surface area contributed by atoms with Gasteiger partial charge in [-0.1, -0.05) is 30.3 Å². The van der Waals surface area contributed by atoms with E-state index in [0.717, 1.165) is 5.56 Å². The zero-order chi connectivity index (χ0) is 15.3. The van der Waals surface area contributed by atoms with E-state index in [0.29, 0.717) is 34.7 Å². The second kappa shape index (κ2) is 9.00. The van der Waals surface area contributed by atoms with E-state index >= 15 is 0 Å². The first kappa shape index (κ1) is 19.6. The summed E-state index contributed by atoms with van der Waals surface area (Å²) in [6.07, 6.45) is 0.634. The first-order valence-corrected chi connectivity index (χ1v) is 9.64. The minimum absolute atomic E-state index is 0. The van der Waals surface area contributed by atoms with E-state index in [-0.39, 0.29) is 12.4 Å². The minimum atomic E-state index is -3.51. The molecular weight excluding hydrogens is 408 g/mol. The smallest absolute Gasteiger partial charge is 0.254 e. The molecule has 122 valence electrons. The lowest BCUT2D eigenvalue weighted by Crippen LogP contribution is -2.32. The van der Waals surface area contributed by atoms with Crippen LogP contribution in [0.2, 0.25) is 0 Å². The highest BCUT2D eigenvalue weighted by molar-refractivity contribution is 9.10. The molecule has 22 heavy (non-hydrogen) atoms. The van der Waals surface area contributed by atoms with E-state index in [1.807, 2.05) is 30.3 Å². The largest absolute Gasteiger partial charge is 0.330 e. The number of rotatable bonds is 7. The maximum absolute atomic E-state index is 12.8. The van der Waals surface area contributed by atoms with Crippen molar-refractivity contribution < 1.29 is 8.42 Å². The maximum Gasteiger partial charge on any atom is 0.254 e. The van der Waals surface area contributed by atoms with E-state index in [9.17, 15) is 8.42 Å². The lowest BCUT2D eigenvalue weighted by Gasteiger charge is -2.21. The molecule has 0 aliphatic rings. The van der Waals surface area contributed by atoms with Crippen molar-refractivity contribution in [3.8, 4) is 0 Å². The Morgan fingerprint density at radius 1 is 1.18 bits per heavy atom. The van der Waals surface area contributed by atoms with Gasteiger partial charge in [0.25, 0.3) is 10.0 Å². The average molecular weight is 426 g/mol. The molecule has 0 bridgehead atoms. The molecule has 0 spiro atoms. The maximum atomic E-state index is 12.8. The van der Waals surface area contributed by atoms with E-state index in [1.54, 1.807) is 11.4 Å². The van der Waals surface area contributed by atoms with Crippen molar-refractivity contribution in [1.29, 1.82) is 0 Å². The predicted molar refractivity (Wildman–Crippen MR) is 97.0 cm³/mol. The van der Waals surface area contributed by atoms with Crippen LogP contribution in [0, 0.1) is 0 Å². The number of hydrogen-bond acceptors (Lipinski definition) is 4. The topological polar surface area (TPSA) is 63.4 Å². The van der Waals surface area contributed by atoms with Gasteiger partial charge in [-0.25, -0.2) is 8.42 Å². The Bertz CT molecular complexity index is 677. The molecule has 0 radical (unpaired) electrons. The van der Waals surface area contributed by atoms with Crippen molar-refractivity contribution in [1.82, 2.24) is 4.31 Å². The van der Waals surface area contributed by atoms with Crippen LogP contribution in [0.5, 0.6) is 0 Å². The highest BCUT2D eigenvalue weighted by Crippen LogP contribution is 2.31. The van der Waals surface area contributed by atoms with Gasteiger partial charge in [-0.05, 0) is 45.9 Å². The molecule has 0 aliphatic carbocycles. The van der Waals surface area contributed by atoms with Crippen molar-refractivity contribution >= 4 is 49.7 Å². The third-order valence-corrected chi connectivity index (χ3v) is 7.46. The Kier molecular flexibility index (Phi) is 8.02. The molecular formula is C14H18BrClN2O2S2. The molecule has 0 amide bonds. The van der Waals surface area contributed by atoms with Gasteiger partial charge in [0.15, 0.2) is 0 Å². The van der Waals surface area contributed by atoms with E-state index < -0.39 is 10.0 Å². The third-order valence-electron chi connectivity index (χ3n) is 2.97. The second-order valence-corrected chi connectivity index (χ2v) is 8.43. The minimum Gasteiger partial charge on any atom is -0.330 e. The molecule has 2 N–H and O–H groups in total. The zero-order valence-corrected chi connectivity index (χ0v) is 15.8. The Morgan fingerprint density at radius 2 is 1.86 bits per heavy atom. The number of thiophene rings is 1. The molecule has 0 saturated carbocycles. The van der Waals surface area contributed by atoms with Gasteiger partial charge in [0, 0.05) is 17.6 Å². The SMILES string of the molecule is Cl.NCCCN(Cc1ccccc1)S(=O)(=O)c1sccc1Br. The Labute approximate surface area is 149 Å². The quantitative estimate of drug-likeness (QED) is 0.739. The fourth-order valence-corrected chi connectivity index (χ4v) is 5.84. The van der Waals surface area contributed by atoms with Gasteiger partial charge < -0.3 is 5.73 Å². The van der Waals surface area contributed by atoms with Gasteiger partial charge >= 0.3 is 0 Å². The first-order chi connectivity index (χ1) is 10.1. The average Bonchev–Trinajstić information content (AvgIpc) is 2.91. The molecule has 1 heterocycles. The van der Waals surface area contributed by atoms with Crippen LogP contribution in [0.3, 0.4) is 0 Å². The van der Waals surface area contributed by atoms with Crippen LogP contribution in [0.1, 0.15) is 12.0 Å². The van der Waals surface area contributed by atoms with Crippen molar-refractivity contribution in [3.63, 3.8) is 0 Å². The summed E-state index contributed by atoms with van der Waals surface area (Å²) in [6.45, 7) is 1.23. The Morgan fingerprint density at radius 3 is 2.41 bits per heavy atom. The molecule has 2 aromatic rings. The van der Waals surface area contributed by atoms with E-state index in [4.69, 9.17) is 5.73 Å². The lowest BCUT2D eigenvalue weighted by atomic mass is 10.2. The molecule has 4 nitrogen and oxygen atoms in total. The molecule has 1 aromatic heterocycles. The highest BCUT2D eigenvalue weighted by atomic mass is 79.9. The van der Waals surface area contributed by atoms with Crippen LogP contribution in [0.4, 0.5) is 0 Å². The first-order valence-electron chi connectivity index (χ1n) is 6.53. The fourth-order valence-electron chi connectivity index (χ4n) is 1.92. The zero-order valence-electron chi connectivity index (χ0n) is 11.8. The lowest BCUT2D eigenvalue weighted by molar-refractivity contribution is 0.402. The number of halogens is 2.